The van der Waals surface area contributed by atoms with Crippen molar-refractivity contribution in [3.05, 3.63) is 34.9 Å². The number of carbonyl (C=O) groups is 2. The van der Waals surface area contributed by atoms with Crippen LogP contribution < -0.4 is 0 Å². The lowest BCUT2D eigenvalue weighted by Crippen LogP contribution is -2.34. The molecule has 21 heavy (non-hydrogen) atoms. The Morgan fingerprint density at radius 3 is 2.14 bits per heavy atom. The van der Waals surface area contributed by atoms with E-state index in [-0.39, 0.29) is 11.7 Å². The number of halogens is 1. The van der Waals surface area contributed by atoms with E-state index < -0.39 is 0 Å². The Morgan fingerprint density at radius 2 is 1.71 bits per heavy atom. The first-order valence-corrected chi connectivity index (χ1v) is 7.38. The highest BCUT2D eigenvalue weighted by molar-refractivity contribution is 6.30. The Bertz CT molecular complexity index is 459. The minimum Gasteiger partial charge on any atom is -0.444 e. The number of amides is 1. The molecule has 0 aliphatic carbocycles. The smallest absolute Gasteiger partial charge is 0.410 e. The van der Waals surface area contributed by atoms with Gasteiger partial charge in [-0.2, -0.15) is 0 Å². The number of rotatable bonds is 1. The van der Waals surface area contributed by atoms with Crippen molar-refractivity contribution in [2.75, 3.05) is 13.1 Å². The van der Waals surface area contributed by atoms with Gasteiger partial charge in [0.2, 0.25) is 0 Å². The van der Waals surface area contributed by atoms with Gasteiger partial charge < -0.3 is 9.64 Å². The van der Waals surface area contributed by atoms with E-state index in [1.165, 1.54) is 0 Å². The average Bonchev–Trinajstić information content (AvgIpc) is 2.92. The Morgan fingerprint density at radius 1 is 1.19 bits per heavy atom. The summed E-state index contributed by atoms with van der Waals surface area (Å²) in [4.78, 5) is 23.2. The van der Waals surface area contributed by atoms with E-state index in [0.717, 1.165) is 32.2 Å². The summed E-state index contributed by atoms with van der Waals surface area (Å²) < 4.78 is 5.21. The number of hydrogen-bond acceptors (Lipinski definition) is 3. The van der Waals surface area contributed by atoms with Crippen LogP contribution in [0.3, 0.4) is 0 Å². The second-order valence-electron chi connectivity index (χ2n) is 5.84. The molecular weight excluding hydrogens is 290 g/mol. The fourth-order valence-electron chi connectivity index (χ4n) is 1.77. The number of nitrogens with zero attached hydrogens (tertiary/aromatic N) is 1. The second-order valence-corrected chi connectivity index (χ2v) is 6.28. The van der Waals surface area contributed by atoms with Crippen LogP contribution in [0.25, 0.3) is 0 Å². The highest BCUT2D eigenvalue weighted by atomic mass is 35.5. The topological polar surface area (TPSA) is 46.6 Å². The van der Waals surface area contributed by atoms with Gasteiger partial charge in [0.15, 0.2) is 0 Å². The summed E-state index contributed by atoms with van der Waals surface area (Å²) in [7, 11) is 0. The molecule has 1 aliphatic heterocycles. The van der Waals surface area contributed by atoms with Gasteiger partial charge in [0.1, 0.15) is 11.9 Å². The van der Waals surface area contributed by atoms with Gasteiger partial charge in [-0.05, 0) is 45.7 Å². The van der Waals surface area contributed by atoms with Crippen LogP contribution in [0.1, 0.15) is 44.0 Å². The minimum atomic E-state index is -0.361. The average molecular weight is 312 g/mol. The van der Waals surface area contributed by atoms with Crippen LogP contribution in [-0.2, 0) is 4.74 Å². The molecule has 1 fully saturated rings. The van der Waals surface area contributed by atoms with E-state index in [4.69, 9.17) is 16.3 Å². The van der Waals surface area contributed by atoms with Crippen molar-refractivity contribution in [2.45, 2.75) is 39.2 Å². The van der Waals surface area contributed by atoms with Crippen molar-refractivity contribution >= 4 is 24.0 Å². The van der Waals surface area contributed by atoms with E-state index >= 15 is 0 Å². The van der Waals surface area contributed by atoms with Gasteiger partial charge in [-0.3, -0.25) is 4.79 Å². The Balaban J connectivity index is 0.000000219. The quantitative estimate of drug-likeness (QED) is 0.731. The molecule has 0 radical (unpaired) electrons. The molecule has 0 unspecified atom stereocenters. The lowest BCUT2D eigenvalue weighted by atomic mass is 10.2. The third-order valence-electron chi connectivity index (χ3n) is 2.76. The lowest BCUT2D eigenvalue weighted by Gasteiger charge is -2.23. The third kappa shape index (κ3) is 7.14. The largest absolute Gasteiger partial charge is 0.444 e. The fraction of sp³-hybridized carbons (Fsp3) is 0.500. The van der Waals surface area contributed by atoms with Gasteiger partial charge in [0, 0.05) is 23.7 Å². The summed E-state index contributed by atoms with van der Waals surface area (Å²) in [6, 6.07) is 6.72. The van der Waals surface area contributed by atoms with Crippen molar-refractivity contribution in [1.82, 2.24) is 4.90 Å². The Labute approximate surface area is 131 Å². The molecule has 116 valence electrons. The van der Waals surface area contributed by atoms with Gasteiger partial charge in [-0.15, -0.1) is 0 Å². The number of hydrogen-bond donors (Lipinski definition) is 0. The molecule has 1 aromatic carbocycles. The first kappa shape index (κ1) is 17.5. The normalized spacial score (nSPS) is 14.2. The van der Waals surface area contributed by atoms with Crippen LogP contribution in [0.2, 0.25) is 5.02 Å². The zero-order valence-electron chi connectivity index (χ0n) is 12.8. The number of benzene rings is 1. The molecule has 0 spiro atoms. The number of likely N-dealkylation sites (tertiary alicyclic amines) is 1. The Hall–Kier alpha value is -1.55. The second kappa shape index (κ2) is 8.03. The number of aldehydes is 1. The van der Waals surface area contributed by atoms with Crippen molar-refractivity contribution in [3.63, 3.8) is 0 Å². The minimum absolute atomic E-state index is 0.167. The zero-order valence-corrected chi connectivity index (χ0v) is 13.5. The van der Waals surface area contributed by atoms with Gasteiger partial charge in [0.25, 0.3) is 0 Å². The maximum atomic E-state index is 11.4. The molecule has 0 N–H and O–H groups in total. The van der Waals surface area contributed by atoms with Crippen molar-refractivity contribution < 1.29 is 14.3 Å². The number of ether oxygens (including phenoxy) is 1. The molecule has 0 saturated carbocycles. The predicted molar refractivity (Wildman–Crippen MR) is 83.9 cm³/mol. The molecule has 0 bridgehead atoms. The van der Waals surface area contributed by atoms with Crippen LogP contribution in [0, 0.1) is 0 Å². The molecule has 1 heterocycles. The van der Waals surface area contributed by atoms with Gasteiger partial charge in [-0.1, -0.05) is 23.7 Å². The van der Waals surface area contributed by atoms with E-state index in [0.29, 0.717) is 10.6 Å². The summed E-state index contributed by atoms with van der Waals surface area (Å²) in [5.74, 6) is 0. The highest BCUT2D eigenvalue weighted by Crippen LogP contribution is 2.14. The zero-order chi connectivity index (χ0) is 15.9. The summed E-state index contributed by atoms with van der Waals surface area (Å²) in [6.07, 6.45) is 2.84. The van der Waals surface area contributed by atoms with Crippen LogP contribution in [0.15, 0.2) is 24.3 Å². The van der Waals surface area contributed by atoms with Crippen molar-refractivity contribution in [2.24, 2.45) is 0 Å². The monoisotopic (exact) mass is 311 g/mol. The van der Waals surface area contributed by atoms with E-state index in [1.54, 1.807) is 29.2 Å². The summed E-state index contributed by atoms with van der Waals surface area (Å²) in [5, 5.41) is 0.653. The van der Waals surface area contributed by atoms with Gasteiger partial charge in [0.05, 0.1) is 0 Å². The molecular formula is C16H22ClNO3. The van der Waals surface area contributed by atoms with Gasteiger partial charge >= 0.3 is 6.09 Å². The van der Waals surface area contributed by atoms with Crippen LogP contribution in [0.5, 0.6) is 0 Å². The highest BCUT2D eigenvalue weighted by Gasteiger charge is 2.23. The summed E-state index contributed by atoms with van der Waals surface area (Å²) >= 11 is 5.55. The van der Waals surface area contributed by atoms with Gasteiger partial charge in [-0.25, -0.2) is 4.79 Å². The SMILES string of the molecule is CC(C)(C)OC(=O)N1CCCC1.O=Cc1ccc(Cl)cc1. The molecule has 0 aromatic heterocycles. The lowest BCUT2D eigenvalue weighted by molar-refractivity contribution is 0.0295. The first-order chi connectivity index (χ1) is 9.81. The van der Waals surface area contributed by atoms with Crippen LogP contribution in [-0.4, -0.2) is 36.0 Å². The van der Waals surface area contributed by atoms with Crippen LogP contribution in [0.4, 0.5) is 4.79 Å². The molecule has 0 atom stereocenters. The molecule has 1 aliphatic rings. The fourth-order valence-corrected chi connectivity index (χ4v) is 1.89. The van der Waals surface area contributed by atoms with Crippen LogP contribution >= 0.6 is 11.6 Å². The third-order valence-corrected chi connectivity index (χ3v) is 3.02. The molecule has 5 heteroatoms. The molecule has 1 saturated heterocycles. The summed E-state index contributed by atoms with van der Waals surface area (Å²) in [5.41, 5.74) is 0.291. The van der Waals surface area contributed by atoms with E-state index in [2.05, 4.69) is 0 Å². The first-order valence-electron chi connectivity index (χ1n) is 7.00. The molecule has 1 aromatic rings. The molecule has 2 rings (SSSR count). The molecule has 1 amide bonds. The van der Waals surface area contributed by atoms with E-state index in [9.17, 15) is 9.59 Å². The Kier molecular flexibility index (Phi) is 6.69. The van der Waals surface area contributed by atoms with Crippen molar-refractivity contribution in [1.29, 1.82) is 0 Å². The predicted octanol–water partition coefficient (Wildman–Crippen LogP) is 4.17. The van der Waals surface area contributed by atoms with E-state index in [1.807, 2.05) is 20.8 Å². The maximum absolute atomic E-state index is 11.4. The van der Waals surface area contributed by atoms with Crippen molar-refractivity contribution in [3.8, 4) is 0 Å². The maximum Gasteiger partial charge on any atom is 0.410 e. The molecule has 4 nitrogen and oxygen atoms in total. The summed E-state index contributed by atoms with van der Waals surface area (Å²) in [6.45, 7) is 7.38. The number of carbonyl (C=O) groups excluding carboxylic acids is 2. The standard InChI is InChI=1S/C9H17NO2.C7H5ClO/c1-9(2,3)12-8(11)10-6-4-5-7-10;8-7-3-1-6(5-9)2-4-7/h4-7H2,1-3H3;1-5H.